The topological polar surface area (TPSA) is 81.1 Å². The molecule has 0 aromatic rings. The molecule has 1 rings (SSSR count). The average Bonchev–Trinajstić information content (AvgIpc) is 2.45. The highest BCUT2D eigenvalue weighted by atomic mass is 16.4. The molecule has 1 aliphatic heterocycles. The molecule has 1 saturated heterocycles. The first-order chi connectivity index (χ1) is 9.99. The Morgan fingerprint density at radius 1 is 1.52 bits per heavy atom. The maximum Gasteiger partial charge on any atom is 0.320 e. The van der Waals surface area contributed by atoms with E-state index in [1.165, 1.54) is 0 Å². The van der Waals surface area contributed by atoms with Crippen LogP contribution in [0.4, 0.5) is 4.79 Å². The van der Waals surface area contributed by atoms with E-state index in [0.717, 1.165) is 12.8 Å². The zero-order valence-electron chi connectivity index (χ0n) is 12.7. The van der Waals surface area contributed by atoms with Gasteiger partial charge in [-0.2, -0.15) is 0 Å². The normalized spacial score (nSPS) is 19.9. The van der Waals surface area contributed by atoms with E-state index in [9.17, 15) is 9.59 Å². The van der Waals surface area contributed by atoms with Crippen LogP contribution in [0.2, 0.25) is 0 Å². The number of carbonyl (C=O) groups excluding carboxylic acids is 1. The minimum absolute atomic E-state index is 0.0591. The predicted molar refractivity (Wildman–Crippen MR) is 80.0 cm³/mol. The standard InChI is InChI=1S/C15H26N2O4/c1-3-6-16(8-9-18)15(21)17-7-4-5-13(11-17)12(2)10-14(19)20/h3,12-13,18H,1,4-11H2,2H3,(H,19,20). The van der Waals surface area contributed by atoms with Gasteiger partial charge < -0.3 is 20.0 Å². The Balaban J connectivity index is 2.63. The van der Waals surface area contributed by atoms with E-state index in [1.54, 1.807) is 15.9 Å². The first-order valence-electron chi connectivity index (χ1n) is 7.47. The number of nitrogens with zero attached hydrogens (tertiary/aromatic N) is 2. The second-order valence-electron chi connectivity index (χ2n) is 5.66. The van der Waals surface area contributed by atoms with Crippen molar-refractivity contribution in [1.29, 1.82) is 0 Å². The highest BCUT2D eigenvalue weighted by Crippen LogP contribution is 2.26. The predicted octanol–water partition coefficient (Wildman–Crippen LogP) is 1.41. The Bertz CT molecular complexity index is 373. The van der Waals surface area contributed by atoms with Gasteiger partial charge in [-0.15, -0.1) is 6.58 Å². The van der Waals surface area contributed by atoms with Gasteiger partial charge in [-0.05, 0) is 24.7 Å². The van der Waals surface area contributed by atoms with Gasteiger partial charge >= 0.3 is 12.0 Å². The molecule has 2 atom stereocenters. The fourth-order valence-corrected chi connectivity index (χ4v) is 2.83. The fourth-order valence-electron chi connectivity index (χ4n) is 2.83. The summed E-state index contributed by atoms with van der Waals surface area (Å²) in [5.74, 6) is -0.512. The van der Waals surface area contributed by atoms with Crippen molar-refractivity contribution in [1.82, 2.24) is 9.80 Å². The molecule has 2 amide bonds. The number of aliphatic hydroxyl groups excluding tert-OH is 1. The van der Waals surface area contributed by atoms with Gasteiger partial charge in [0.2, 0.25) is 0 Å². The molecule has 0 spiro atoms. The minimum atomic E-state index is -0.792. The Kier molecular flexibility index (Phi) is 7.22. The zero-order chi connectivity index (χ0) is 15.8. The SMILES string of the molecule is C=CCN(CCO)C(=O)N1CCCC(C(C)CC(=O)O)C1. The summed E-state index contributed by atoms with van der Waals surface area (Å²) >= 11 is 0. The number of hydrogen-bond acceptors (Lipinski definition) is 3. The highest BCUT2D eigenvalue weighted by Gasteiger charge is 2.30. The van der Waals surface area contributed by atoms with Crippen molar-refractivity contribution < 1.29 is 19.8 Å². The summed E-state index contributed by atoms with van der Waals surface area (Å²) in [5.41, 5.74) is 0. The highest BCUT2D eigenvalue weighted by molar-refractivity contribution is 5.74. The largest absolute Gasteiger partial charge is 0.481 e. The van der Waals surface area contributed by atoms with Crippen molar-refractivity contribution in [2.45, 2.75) is 26.2 Å². The molecule has 0 bridgehead atoms. The van der Waals surface area contributed by atoms with Crippen molar-refractivity contribution in [3.8, 4) is 0 Å². The van der Waals surface area contributed by atoms with Crippen LogP contribution in [0.25, 0.3) is 0 Å². The van der Waals surface area contributed by atoms with Gasteiger partial charge in [0.1, 0.15) is 0 Å². The average molecular weight is 298 g/mol. The van der Waals surface area contributed by atoms with E-state index in [2.05, 4.69) is 6.58 Å². The summed E-state index contributed by atoms with van der Waals surface area (Å²) in [4.78, 5) is 26.6. The van der Waals surface area contributed by atoms with Gasteiger partial charge in [-0.3, -0.25) is 4.79 Å². The number of amides is 2. The number of carboxylic acid groups (broad SMARTS) is 1. The fraction of sp³-hybridized carbons (Fsp3) is 0.733. The molecule has 6 heteroatoms. The number of rotatable bonds is 7. The molecule has 0 saturated carbocycles. The van der Waals surface area contributed by atoms with Crippen molar-refractivity contribution in [3.05, 3.63) is 12.7 Å². The molecule has 6 nitrogen and oxygen atoms in total. The van der Waals surface area contributed by atoms with Crippen LogP contribution in [0, 0.1) is 11.8 Å². The molecule has 2 unspecified atom stereocenters. The number of urea groups is 1. The number of aliphatic carboxylic acids is 1. The lowest BCUT2D eigenvalue weighted by atomic mass is 9.85. The van der Waals surface area contributed by atoms with E-state index < -0.39 is 5.97 Å². The van der Waals surface area contributed by atoms with E-state index in [1.807, 2.05) is 6.92 Å². The van der Waals surface area contributed by atoms with Crippen LogP contribution in [0.3, 0.4) is 0 Å². The van der Waals surface area contributed by atoms with E-state index >= 15 is 0 Å². The Morgan fingerprint density at radius 3 is 2.81 bits per heavy atom. The van der Waals surface area contributed by atoms with Gasteiger partial charge in [0.15, 0.2) is 0 Å². The quantitative estimate of drug-likeness (QED) is 0.696. The Hall–Kier alpha value is -1.56. The van der Waals surface area contributed by atoms with E-state index in [-0.39, 0.29) is 37.4 Å². The number of hydrogen-bond donors (Lipinski definition) is 2. The summed E-state index contributed by atoms with van der Waals surface area (Å²) < 4.78 is 0. The molecule has 2 N–H and O–H groups in total. The first-order valence-corrected chi connectivity index (χ1v) is 7.47. The molecular weight excluding hydrogens is 272 g/mol. The smallest absolute Gasteiger partial charge is 0.320 e. The molecule has 120 valence electrons. The van der Waals surface area contributed by atoms with Crippen LogP contribution in [0.15, 0.2) is 12.7 Å². The summed E-state index contributed by atoms with van der Waals surface area (Å²) in [5, 5.41) is 17.9. The van der Waals surface area contributed by atoms with Crippen molar-refractivity contribution in [2.24, 2.45) is 11.8 Å². The number of aliphatic hydroxyl groups is 1. The molecule has 1 fully saturated rings. The lowest BCUT2D eigenvalue weighted by Gasteiger charge is -2.38. The lowest BCUT2D eigenvalue weighted by Crippen LogP contribution is -2.49. The molecular formula is C15H26N2O4. The lowest BCUT2D eigenvalue weighted by molar-refractivity contribution is -0.138. The van der Waals surface area contributed by atoms with Crippen molar-refractivity contribution in [3.63, 3.8) is 0 Å². The summed E-state index contributed by atoms with van der Waals surface area (Å²) in [7, 11) is 0. The molecule has 21 heavy (non-hydrogen) atoms. The van der Waals surface area contributed by atoms with Crippen LogP contribution in [-0.2, 0) is 4.79 Å². The number of likely N-dealkylation sites (tertiary alicyclic amines) is 1. The van der Waals surface area contributed by atoms with Gasteiger partial charge in [-0.25, -0.2) is 4.79 Å². The van der Waals surface area contributed by atoms with Crippen molar-refractivity contribution >= 4 is 12.0 Å². The maximum absolute atomic E-state index is 12.4. The third-order valence-electron chi connectivity index (χ3n) is 4.02. The van der Waals surface area contributed by atoms with Crippen LogP contribution >= 0.6 is 0 Å². The second kappa shape index (κ2) is 8.67. The minimum Gasteiger partial charge on any atom is -0.481 e. The first kappa shape index (κ1) is 17.5. The number of piperidine rings is 1. The number of carbonyl (C=O) groups is 2. The molecule has 1 aliphatic rings. The van der Waals surface area contributed by atoms with Gasteiger partial charge in [-0.1, -0.05) is 13.0 Å². The summed E-state index contributed by atoms with van der Waals surface area (Å²) in [6, 6.07) is -0.101. The molecule has 0 aromatic carbocycles. The zero-order valence-corrected chi connectivity index (χ0v) is 12.7. The Labute approximate surface area is 126 Å². The summed E-state index contributed by atoms with van der Waals surface area (Å²) in [6.07, 6.45) is 3.63. The second-order valence-corrected chi connectivity index (χ2v) is 5.66. The third-order valence-corrected chi connectivity index (χ3v) is 4.02. The van der Waals surface area contributed by atoms with Crippen LogP contribution in [0.1, 0.15) is 26.2 Å². The Morgan fingerprint density at radius 2 is 2.24 bits per heavy atom. The monoisotopic (exact) mass is 298 g/mol. The van der Waals surface area contributed by atoms with Gasteiger partial charge in [0.25, 0.3) is 0 Å². The van der Waals surface area contributed by atoms with E-state index in [0.29, 0.717) is 19.6 Å². The third kappa shape index (κ3) is 5.38. The molecule has 0 radical (unpaired) electrons. The number of carboxylic acids is 1. The molecule has 0 aromatic heterocycles. The molecule has 1 heterocycles. The van der Waals surface area contributed by atoms with Crippen LogP contribution in [0.5, 0.6) is 0 Å². The van der Waals surface area contributed by atoms with Gasteiger partial charge in [0.05, 0.1) is 6.61 Å². The van der Waals surface area contributed by atoms with Gasteiger partial charge in [0, 0.05) is 32.6 Å². The molecule has 0 aliphatic carbocycles. The maximum atomic E-state index is 12.4. The summed E-state index contributed by atoms with van der Waals surface area (Å²) in [6.45, 7) is 7.46. The van der Waals surface area contributed by atoms with Crippen LogP contribution < -0.4 is 0 Å². The van der Waals surface area contributed by atoms with Crippen molar-refractivity contribution in [2.75, 3.05) is 32.8 Å². The van der Waals surface area contributed by atoms with E-state index in [4.69, 9.17) is 10.2 Å². The van der Waals surface area contributed by atoms with Crippen LogP contribution in [-0.4, -0.2) is 64.8 Å².